The third-order valence-corrected chi connectivity index (χ3v) is 1.10. The van der Waals surface area contributed by atoms with Crippen LogP contribution in [-0.4, -0.2) is 17.5 Å². The molecular formula is CH5NaO4S2. The molecule has 0 aromatic heterocycles. The Morgan fingerprint density at radius 3 is 1.12 bits per heavy atom. The van der Waals surface area contributed by atoms with Crippen LogP contribution in [0.15, 0.2) is 0 Å². The van der Waals surface area contributed by atoms with Crippen molar-refractivity contribution in [3.8, 4) is 0 Å². The van der Waals surface area contributed by atoms with Crippen molar-refractivity contribution in [2.75, 3.05) is 0 Å². The number of rotatable bonds is 1. The third-order valence-electron chi connectivity index (χ3n) is 0.122. The Morgan fingerprint density at radius 1 is 1.00 bits per heavy atom. The Bertz CT molecular complexity index is 80.0. The van der Waals surface area contributed by atoms with Gasteiger partial charge in [0.05, 0.1) is 0 Å². The van der Waals surface area contributed by atoms with Crippen molar-refractivity contribution in [1.82, 2.24) is 0 Å². The van der Waals surface area contributed by atoms with E-state index >= 15 is 0 Å². The van der Waals surface area contributed by atoms with Gasteiger partial charge in [-0.3, -0.25) is 9.11 Å². The third kappa shape index (κ3) is 10.3. The molecule has 0 amide bonds. The van der Waals surface area contributed by atoms with Crippen molar-refractivity contribution in [3.63, 3.8) is 0 Å². The van der Waals surface area contributed by atoms with E-state index in [1.165, 1.54) is 0 Å². The standard InChI is InChI=1S/CH3.Na.H2O4S2/c;;1-5(2)6(3)4/h1H3;;(H,1,2)(H,3,4)/q-1;+1;. The van der Waals surface area contributed by atoms with Crippen LogP contribution >= 0.6 is 0 Å². The van der Waals surface area contributed by atoms with E-state index in [0.29, 0.717) is 0 Å². The fraction of sp³-hybridized carbons (Fsp3) is 0. The molecule has 0 aliphatic carbocycles. The van der Waals surface area contributed by atoms with Crippen molar-refractivity contribution < 1.29 is 47.1 Å². The predicted molar refractivity (Wildman–Crippen MR) is 28.0 cm³/mol. The molecule has 0 saturated carbocycles. The Balaban J connectivity index is -0.000000125. The molecule has 2 N–H and O–H groups in total. The van der Waals surface area contributed by atoms with Gasteiger partial charge in [0.25, 0.3) is 20.2 Å². The van der Waals surface area contributed by atoms with Gasteiger partial charge in [-0.05, 0) is 0 Å². The summed E-state index contributed by atoms with van der Waals surface area (Å²) in [5, 5.41) is 0. The van der Waals surface area contributed by atoms with Crippen LogP contribution in [0, 0.1) is 7.43 Å². The van der Waals surface area contributed by atoms with Gasteiger partial charge in [-0.2, -0.15) is 0 Å². The minimum atomic E-state index is -2.59. The molecule has 0 rings (SSSR count). The summed E-state index contributed by atoms with van der Waals surface area (Å²) in [5.41, 5.74) is 0. The summed E-state index contributed by atoms with van der Waals surface area (Å²) in [7, 11) is -5.18. The van der Waals surface area contributed by atoms with Crippen LogP contribution in [-0.2, 0) is 20.2 Å². The van der Waals surface area contributed by atoms with Crippen LogP contribution in [0.25, 0.3) is 0 Å². The average Bonchev–Trinajstić information content (AvgIpc) is 1.36. The van der Waals surface area contributed by atoms with Gasteiger partial charge < -0.3 is 7.43 Å². The van der Waals surface area contributed by atoms with Crippen LogP contribution < -0.4 is 29.6 Å². The van der Waals surface area contributed by atoms with Crippen molar-refractivity contribution in [1.29, 1.82) is 0 Å². The second-order valence-electron chi connectivity index (χ2n) is 0.434. The SMILES string of the molecule is O=S(O)S(=O)O.[CH3-].[Na+]. The van der Waals surface area contributed by atoms with Crippen LogP contribution in [0.1, 0.15) is 0 Å². The molecule has 0 heterocycles. The number of hydrogen-bond donors (Lipinski definition) is 2. The summed E-state index contributed by atoms with van der Waals surface area (Å²) in [6, 6.07) is 0. The first-order chi connectivity index (χ1) is 2.64. The summed E-state index contributed by atoms with van der Waals surface area (Å²) < 4.78 is 33.6. The van der Waals surface area contributed by atoms with E-state index in [2.05, 4.69) is 0 Å². The molecule has 0 radical (unpaired) electrons. The first-order valence-corrected chi connectivity index (χ1v) is 3.60. The molecule has 7 heteroatoms. The molecule has 0 spiro atoms. The maximum Gasteiger partial charge on any atom is 1.00 e. The van der Waals surface area contributed by atoms with Crippen LogP contribution in [0.5, 0.6) is 0 Å². The molecule has 0 aromatic carbocycles. The summed E-state index contributed by atoms with van der Waals surface area (Å²) in [6.07, 6.45) is 0. The van der Waals surface area contributed by atoms with Gasteiger partial charge in [0.1, 0.15) is 0 Å². The minimum Gasteiger partial charge on any atom is -0.358 e. The summed E-state index contributed by atoms with van der Waals surface area (Å²) in [4.78, 5) is 0. The molecule has 8 heavy (non-hydrogen) atoms. The van der Waals surface area contributed by atoms with E-state index in [1.54, 1.807) is 0 Å². The molecule has 0 aliphatic heterocycles. The molecule has 4 nitrogen and oxygen atoms in total. The van der Waals surface area contributed by atoms with Crippen LogP contribution in [0.3, 0.4) is 0 Å². The zero-order chi connectivity index (χ0) is 5.15. The second kappa shape index (κ2) is 8.22. The van der Waals surface area contributed by atoms with E-state index in [1.807, 2.05) is 0 Å². The van der Waals surface area contributed by atoms with Gasteiger partial charge in [-0.25, -0.2) is 8.42 Å². The van der Waals surface area contributed by atoms with Crippen molar-refractivity contribution >= 4 is 20.2 Å². The molecule has 0 fully saturated rings. The smallest absolute Gasteiger partial charge is 0.358 e. The number of hydrogen-bond acceptors (Lipinski definition) is 2. The van der Waals surface area contributed by atoms with E-state index in [4.69, 9.17) is 9.11 Å². The van der Waals surface area contributed by atoms with Gasteiger partial charge in [0.15, 0.2) is 0 Å². The molecule has 0 aliphatic rings. The Hall–Kier alpha value is 1.22. The topological polar surface area (TPSA) is 74.6 Å². The predicted octanol–water partition coefficient (Wildman–Crippen LogP) is -3.20. The first kappa shape index (κ1) is 16.1. The molecule has 46 valence electrons. The zero-order valence-corrected chi connectivity index (χ0v) is 8.16. The molecule has 0 bridgehead atoms. The fourth-order valence-electron chi connectivity index (χ4n) is 0. The monoisotopic (exact) mass is 168 g/mol. The summed E-state index contributed by atoms with van der Waals surface area (Å²) in [5.74, 6) is 0. The minimum absolute atomic E-state index is 0. The Kier molecular flexibility index (Phi) is 16.5. The Morgan fingerprint density at radius 2 is 1.12 bits per heavy atom. The quantitative estimate of drug-likeness (QED) is 0.187. The van der Waals surface area contributed by atoms with E-state index < -0.39 is 20.2 Å². The maximum atomic E-state index is 9.26. The van der Waals surface area contributed by atoms with Gasteiger partial charge >= 0.3 is 29.6 Å². The van der Waals surface area contributed by atoms with Crippen LogP contribution in [0.2, 0.25) is 0 Å². The normalized spacial score (nSPS) is 14.8. The molecule has 0 aromatic rings. The first-order valence-electron chi connectivity index (χ1n) is 0.865. The van der Waals surface area contributed by atoms with Crippen molar-refractivity contribution in [3.05, 3.63) is 7.43 Å². The van der Waals surface area contributed by atoms with E-state index in [-0.39, 0.29) is 37.0 Å². The van der Waals surface area contributed by atoms with E-state index in [9.17, 15) is 8.42 Å². The van der Waals surface area contributed by atoms with Gasteiger partial charge in [-0.1, -0.05) is 0 Å². The Labute approximate surface area is 74.3 Å². The maximum absolute atomic E-state index is 9.26. The summed E-state index contributed by atoms with van der Waals surface area (Å²) in [6.45, 7) is 0. The molecule has 2 unspecified atom stereocenters. The van der Waals surface area contributed by atoms with E-state index in [0.717, 1.165) is 0 Å². The molecular weight excluding hydrogens is 163 g/mol. The van der Waals surface area contributed by atoms with Gasteiger partial charge in [0.2, 0.25) is 0 Å². The van der Waals surface area contributed by atoms with Gasteiger partial charge in [0, 0.05) is 0 Å². The van der Waals surface area contributed by atoms with Crippen LogP contribution in [0.4, 0.5) is 0 Å². The second-order valence-corrected chi connectivity index (χ2v) is 3.01. The average molecular weight is 168 g/mol. The largest absolute Gasteiger partial charge is 1.00 e. The molecule has 2 atom stereocenters. The fourth-order valence-corrected chi connectivity index (χ4v) is 0. The van der Waals surface area contributed by atoms with Gasteiger partial charge in [-0.15, -0.1) is 0 Å². The zero-order valence-electron chi connectivity index (χ0n) is 4.53. The summed E-state index contributed by atoms with van der Waals surface area (Å²) >= 11 is 0. The van der Waals surface area contributed by atoms with Crippen molar-refractivity contribution in [2.45, 2.75) is 0 Å². The van der Waals surface area contributed by atoms with Crippen molar-refractivity contribution in [2.24, 2.45) is 0 Å². The molecule has 0 saturated heterocycles.